The molecule has 1 atom stereocenters. The van der Waals surface area contributed by atoms with Gasteiger partial charge in [0.1, 0.15) is 17.1 Å². The maximum Gasteiger partial charge on any atom is 0.308 e. The summed E-state index contributed by atoms with van der Waals surface area (Å²) in [6.45, 7) is 4.21. The van der Waals surface area contributed by atoms with E-state index in [1.807, 2.05) is 32.0 Å². The van der Waals surface area contributed by atoms with Crippen molar-refractivity contribution in [3.63, 3.8) is 0 Å². The van der Waals surface area contributed by atoms with Crippen LogP contribution in [-0.2, 0) is 16.6 Å². The third-order valence-corrected chi connectivity index (χ3v) is 8.84. The highest BCUT2D eigenvalue weighted by Crippen LogP contribution is 2.42. The lowest BCUT2D eigenvalue weighted by atomic mass is 9.90. The van der Waals surface area contributed by atoms with Gasteiger partial charge in [-0.25, -0.2) is 13.1 Å². The van der Waals surface area contributed by atoms with Crippen LogP contribution in [0, 0.1) is 0 Å². The normalized spacial score (nSPS) is 16.9. The first-order valence-electron chi connectivity index (χ1n) is 11.3. The molecule has 0 saturated heterocycles. The Morgan fingerprint density at radius 1 is 1.14 bits per heavy atom. The predicted octanol–water partition coefficient (Wildman–Crippen LogP) is 5.35. The van der Waals surface area contributed by atoms with Crippen LogP contribution in [0.25, 0.3) is 10.2 Å². The predicted molar refractivity (Wildman–Crippen MR) is 142 cm³/mol. The Balaban J connectivity index is 1.46. The monoisotopic (exact) mass is 544 g/mol. The first kappa shape index (κ1) is 24.8. The van der Waals surface area contributed by atoms with Crippen LogP contribution in [0.1, 0.15) is 37.4 Å². The average molecular weight is 545 g/mol. The molecule has 1 unspecified atom stereocenters. The van der Waals surface area contributed by atoms with Crippen LogP contribution in [0.2, 0.25) is 5.02 Å². The summed E-state index contributed by atoms with van der Waals surface area (Å²) < 4.78 is 43.3. The number of benzene rings is 3. The second-order valence-electron chi connectivity index (χ2n) is 9.35. The van der Waals surface area contributed by atoms with Gasteiger partial charge in [0.05, 0.1) is 34.8 Å². The molecule has 0 fully saturated rings. The highest BCUT2D eigenvalue weighted by atomic mass is 35.5. The van der Waals surface area contributed by atoms with Crippen molar-refractivity contribution < 1.29 is 17.9 Å². The minimum absolute atomic E-state index is 0.106. The molecule has 5 rings (SSSR count). The van der Waals surface area contributed by atoms with Crippen molar-refractivity contribution in [1.82, 2.24) is 9.29 Å². The molecule has 1 aromatic heterocycles. The number of halogens is 1. The van der Waals surface area contributed by atoms with Crippen molar-refractivity contribution >= 4 is 43.2 Å². The average Bonchev–Trinajstić information content (AvgIpc) is 3.13. The molecule has 0 radical (unpaired) electrons. The molecule has 0 aliphatic carbocycles. The fourth-order valence-electron chi connectivity index (χ4n) is 4.46. The molecule has 3 aromatic carbocycles. The number of fused-ring (bicyclic) bond motifs is 2. The van der Waals surface area contributed by atoms with Crippen molar-refractivity contribution in [2.75, 3.05) is 7.11 Å². The zero-order chi connectivity index (χ0) is 25.7. The molecular formula is C26H25ClN2O5S2. The number of sulfonamides is 1. The van der Waals surface area contributed by atoms with E-state index in [0.717, 1.165) is 22.5 Å². The molecule has 10 heteroatoms. The van der Waals surface area contributed by atoms with E-state index in [9.17, 15) is 13.2 Å². The molecule has 7 nitrogen and oxygen atoms in total. The summed E-state index contributed by atoms with van der Waals surface area (Å²) in [5.74, 6) is 1.22. The Morgan fingerprint density at radius 3 is 2.61 bits per heavy atom. The van der Waals surface area contributed by atoms with Crippen molar-refractivity contribution in [1.29, 1.82) is 0 Å². The number of ether oxygens (including phenoxy) is 2. The summed E-state index contributed by atoms with van der Waals surface area (Å²) in [6.07, 6.45) is 0.457. The zero-order valence-corrected chi connectivity index (χ0v) is 22.3. The van der Waals surface area contributed by atoms with Crippen molar-refractivity contribution in [2.24, 2.45) is 0 Å². The number of nitrogens with zero attached hydrogens (tertiary/aromatic N) is 1. The van der Waals surface area contributed by atoms with Crippen LogP contribution in [0.15, 0.2) is 70.4 Å². The lowest BCUT2D eigenvalue weighted by Gasteiger charge is -2.37. The quantitative estimate of drug-likeness (QED) is 0.353. The third kappa shape index (κ3) is 4.88. The molecule has 2 heterocycles. The van der Waals surface area contributed by atoms with Crippen LogP contribution < -0.4 is 19.1 Å². The smallest absolute Gasteiger partial charge is 0.308 e. The van der Waals surface area contributed by atoms with Crippen LogP contribution in [0.3, 0.4) is 0 Å². The van der Waals surface area contributed by atoms with Gasteiger partial charge < -0.3 is 9.47 Å². The van der Waals surface area contributed by atoms with E-state index in [-0.39, 0.29) is 9.77 Å². The number of hydrogen-bond acceptors (Lipinski definition) is 6. The van der Waals surface area contributed by atoms with Gasteiger partial charge in [0, 0.05) is 23.1 Å². The summed E-state index contributed by atoms with van der Waals surface area (Å²) in [6, 6.07) is 17.0. The number of thiazole rings is 1. The Hall–Kier alpha value is -2.85. The van der Waals surface area contributed by atoms with E-state index in [0.29, 0.717) is 39.7 Å². The Morgan fingerprint density at radius 2 is 1.89 bits per heavy atom. The van der Waals surface area contributed by atoms with Crippen molar-refractivity contribution in [3.8, 4) is 11.5 Å². The molecule has 0 spiro atoms. The second-order valence-corrected chi connectivity index (χ2v) is 12.5. The molecule has 0 bridgehead atoms. The molecule has 4 aromatic rings. The van der Waals surface area contributed by atoms with Gasteiger partial charge in [0.15, 0.2) is 0 Å². The summed E-state index contributed by atoms with van der Waals surface area (Å²) in [7, 11) is -2.31. The van der Waals surface area contributed by atoms with E-state index in [4.69, 9.17) is 21.1 Å². The Labute approximate surface area is 218 Å². The zero-order valence-electron chi connectivity index (χ0n) is 19.9. The minimum atomic E-state index is -3.88. The van der Waals surface area contributed by atoms with Gasteiger partial charge in [-0.1, -0.05) is 41.1 Å². The number of hydrogen-bond donors (Lipinski definition) is 1. The fraction of sp³-hybridized carbons (Fsp3) is 0.269. The van der Waals surface area contributed by atoms with E-state index >= 15 is 0 Å². The van der Waals surface area contributed by atoms with Crippen LogP contribution in [0.5, 0.6) is 11.5 Å². The summed E-state index contributed by atoms with van der Waals surface area (Å²) >= 11 is 6.99. The van der Waals surface area contributed by atoms with Gasteiger partial charge >= 0.3 is 4.87 Å². The molecule has 1 aliphatic rings. The first-order chi connectivity index (χ1) is 17.0. The largest absolute Gasteiger partial charge is 0.497 e. The standard InChI is InChI=1S/C26H25ClN2O5S2/c1-26(2)14-21(20-10-8-18(33-3)12-23(20)34-26)28-36(31,32)19-9-11-22-24(13-19)35-25(30)29(22)15-16-4-6-17(27)7-5-16/h4-13,21,28H,14-15H2,1-3H3. The third-order valence-electron chi connectivity index (χ3n) is 6.18. The van der Waals surface area contributed by atoms with Crippen LogP contribution in [0.4, 0.5) is 0 Å². The summed E-state index contributed by atoms with van der Waals surface area (Å²) in [4.78, 5) is 12.7. The molecular weight excluding hydrogens is 520 g/mol. The molecule has 0 amide bonds. The van der Waals surface area contributed by atoms with Gasteiger partial charge in [-0.3, -0.25) is 9.36 Å². The van der Waals surface area contributed by atoms with Gasteiger partial charge in [-0.2, -0.15) is 0 Å². The maximum atomic E-state index is 13.4. The lowest BCUT2D eigenvalue weighted by molar-refractivity contribution is 0.0699. The van der Waals surface area contributed by atoms with E-state index < -0.39 is 21.7 Å². The van der Waals surface area contributed by atoms with Crippen LogP contribution >= 0.6 is 22.9 Å². The van der Waals surface area contributed by atoms with E-state index in [2.05, 4.69) is 4.72 Å². The minimum Gasteiger partial charge on any atom is -0.497 e. The lowest BCUT2D eigenvalue weighted by Crippen LogP contribution is -2.41. The highest BCUT2D eigenvalue weighted by Gasteiger charge is 2.36. The molecule has 1 aliphatic heterocycles. The van der Waals surface area contributed by atoms with Gasteiger partial charge in [-0.05, 0) is 55.8 Å². The number of methoxy groups -OCH3 is 1. The molecule has 36 heavy (non-hydrogen) atoms. The van der Waals surface area contributed by atoms with Gasteiger partial charge in [0.25, 0.3) is 0 Å². The van der Waals surface area contributed by atoms with E-state index in [1.165, 1.54) is 6.07 Å². The van der Waals surface area contributed by atoms with Crippen LogP contribution in [-0.4, -0.2) is 25.7 Å². The second kappa shape index (κ2) is 9.23. The topological polar surface area (TPSA) is 86.6 Å². The van der Waals surface area contributed by atoms with E-state index in [1.54, 1.807) is 48.1 Å². The van der Waals surface area contributed by atoms with Gasteiger partial charge in [-0.15, -0.1) is 0 Å². The highest BCUT2D eigenvalue weighted by molar-refractivity contribution is 7.89. The Bertz CT molecular complexity index is 1610. The number of rotatable bonds is 6. The summed E-state index contributed by atoms with van der Waals surface area (Å²) in [5.41, 5.74) is 1.79. The maximum absolute atomic E-state index is 13.4. The van der Waals surface area contributed by atoms with Crippen molar-refractivity contribution in [3.05, 3.63) is 86.5 Å². The van der Waals surface area contributed by atoms with Gasteiger partial charge in [0.2, 0.25) is 10.0 Å². The Kier molecular flexibility index (Phi) is 6.36. The summed E-state index contributed by atoms with van der Waals surface area (Å²) in [5, 5.41) is 0.623. The number of aromatic nitrogens is 1. The molecule has 0 saturated carbocycles. The first-order valence-corrected chi connectivity index (χ1v) is 14.0. The molecule has 1 N–H and O–H groups in total. The fourth-order valence-corrected chi connectivity index (χ4v) is 6.83. The molecule has 188 valence electrons. The van der Waals surface area contributed by atoms with Crippen molar-refractivity contribution in [2.45, 2.75) is 43.4 Å². The SMILES string of the molecule is COc1ccc2c(c1)OC(C)(C)CC2NS(=O)(=O)c1ccc2c(c1)sc(=O)n2Cc1ccc(Cl)cc1. The number of nitrogens with one attached hydrogen (secondary N) is 1.